The first kappa shape index (κ1) is 28.3. The van der Waals surface area contributed by atoms with E-state index in [4.69, 9.17) is 16.3 Å². The lowest BCUT2D eigenvalue weighted by molar-refractivity contribution is -0.190. The third-order valence-electron chi connectivity index (χ3n) is 7.82. The number of alkyl halides is 3. The van der Waals surface area contributed by atoms with Gasteiger partial charge in [0, 0.05) is 39.6 Å². The van der Waals surface area contributed by atoms with Crippen LogP contribution in [0.5, 0.6) is 0 Å². The van der Waals surface area contributed by atoms with Crippen LogP contribution in [0, 0.1) is 29.6 Å². The molecular weight excluding hydrogens is 521 g/mol. The van der Waals surface area contributed by atoms with Crippen molar-refractivity contribution in [1.82, 2.24) is 15.2 Å². The van der Waals surface area contributed by atoms with Gasteiger partial charge in [-0.05, 0) is 67.7 Å². The van der Waals surface area contributed by atoms with Crippen molar-refractivity contribution in [3.8, 4) is 0 Å². The summed E-state index contributed by atoms with van der Waals surface area (Å²) in [5, 5.41) is 2.77. The van der Waals surface area contributed by atoms with Crippen LogP contribution in [0.4, 0.5) is 19.0 Å². The number of halogens is 4. The molecule has 1 aromatic rings. The first-order valence-corrected chi connectivity index (χ1v) is 13.3. The SMILES string of the molecule is COC1=CC(C(C(=O)NCC2CC2C2CCN(c3ccc(C(=O)N(C)C)c(Cl)n3)CC2)C(F)(F)F)CC=C1. The molecule has 4 rings (SSSR count). The zero-order valence-electron chi connectivity index (χ0n) is 21.8. The highest BCUT2D eigenvalue weighted by Crippen LogP contribution is 2.48. The molecule has 0 spiro atoms. The molecule has 1 aliphatic heterocycles. The van der Waals surface area contributed by atoms with Crippen LogP contribution in [0.1, 0.15) is 36.0 Å². The van der Waals surface area contributed by atoms with E-state index >= 15 is 0 Å². The topological polar surface area (TPSA) is 74.8 Å². The first-order chi connectivity index (χ1) is 18.0. The molecule has 3 aliphatic rings. The third-order valence-corrected chi connectivity index (χ3v) is 8.11. The van der Waals surface area contributed by atoms with E-state index in [2.05, 4.69) is 15.2 Å². The van der Waals surface area contributed by atoms with Crippen molar-refractivity contribution in [3.63, 3.8) is 0 Å². The number of amides is 2. The number of nitrogens with zero attached hydrogens (tertiary/aromatic N) is 3. The lowest BCUT2D eigenvalue weighted by Gasteiger charge is -2.33. The molecule has 2 fully saturated rings. The van der Waals surface area contributed by atoms with Crippen LogP contribution < -0.4 is 10.2 Å². The lowest BCUT2D eigenvalue weighted by Crippen LogP contribution is -2.44. The average Bonchev–Trinajstić information content (AvgIpc) is 3.66. The van der Waals surface area contributed by atoms with Crippen LogP contribution in [0.2, 0.25) is 5.15 Å². The smallest absolute Gasteiger partial charge is 0.401 e. The monoisotopic (exact) mass is 554 g/mol. The molecule has 2 aliphatic carbocycles. The molecule has 0 aromatic carbocycles. The van der Waals surface area contributed by atoms with E-state index in [0.29, 0.717) is 23.2 Å². The van der Waals surface area contributed by atoms with Crippen LogP contribution >= 0.6 is 11.6 Å². The molecule has 7 nitrogen and oxygen atoms in total. The van der Waals surface area contributed by atoms with Gasteiger partial charge in [0.15, 0.2) is 0 Å². The summed E-state index contributed by atoms with van der Waals surface area (Å²) in [6, 6.07) is 3.50. The molecule has 4 unspecified atom stereocenters. The van der Waals surface area contributed by atoms with Gasteiger partial charge >= 0.3 is 6.18 Å². The van der Waals surface area contributed by atoms with E-state index in [1.54, 1.807) is 32.3 Å². The van der Waals surface area contributed by atoms with E-state index in [1.165, 1.54) is 18.1 Å². The molecule has 38 heavy (non-hydrogen) atoms. The highest BCUT2D eigenvalue weighted by molar-refractivity contribution is 6.32. The minimum atomic E-state index is -4.64. The van der Waals surface area contributed by atoms with Crippen molar-refractivity contribution in [3.05, 3.63) is 46.8 Å². The number of carbonyl (C=O) groups excluding carboxylic acids is 2. The highest BCUT2D eigenvalue weighted by atomic mass is 35.5. The highest BCUT2D eigenvalue weighted by Gasteiger charge is 2.50. The van der Waals surface area contributed by atoms with Gasteiger partial charge in [0.25, 0.3) is 5.91 Å². The zero-order valence-corrected chi connectivity index (χ0v) is 22.6. The maximum absolute atomic E-state index is 13.8. The second-order valence-corrected chi connectivity index (χ2v) is 10.9. The number of carbonyl (C=O) groups is 2. The van der Waals surface area contributed by atoms with E-state index in [9.17, 15) is 22.8 Å². The van der Waals surface area contributed by atoms with Crippen molar-refractivity contribution in [2.24, 2.45) is 29.6 Å². The molecule has 1 N–H and O–H groups in total. The number of anilines is 1. The van der Waals surface area contributed by atoms with Crippen molar-refractivity contribution in [2.75, 3.05) is 45.7 Å². The second kappa shape index (κ2) is 11.6. The molecule has 1 saturated carbocycles. The van der Waals surface area contributed by atoms with Crippen LogP contribution in [-0.2, 0) is 9.53 Å². The molecule has 1 saturated heterocycles. The fourth-order valence-corrected chi connectivity index (χ4v) is 5.84. The molecule has 0 radical (unpaired) electrons. The fraction of sp³-hybridized carbons (Fsp3) is 0.593. The maximum Gasteiger partial charge on any atom is 0.401 e. The van der Waals surface area contributed by atoms with Gasteiger partial charge in [0.2, 0.25) is 5.91 Å². The molecule has 208 valence electrons. The third kappa shape index (κ3) is 6.45. The summed E-state index contributed by atoms with van der Waals surface area (Å²) in [5.41, 5.74) is 0.362. The molecule has 4 atom stereocenters. The zero-order chi connectivity index (χ0) is 27.6. The Kier molecular flexibility index (Phi) is 8.59. The summed E-state index contributed by atoms with van der Waals surface area (Å²) >= 11 is 6.27. The molecule has 0 bridgehead atoms. The number of aromatic nitrogens is 1. The number of hydrogen-bond donors (Lipinski definition) is 1. The van der Waals surface area contributed by atoms with Crippen molar-refractivity contribution < 1.29 is 27.5 Å². The Morgan fingerprint density at radius 1 is 1.26 bits per heavy atom. The molecule has 2 amide bonds. The number of hydrogen-bond acceptors (Lipinski definition) is 5. The van der Waals surface area contributed by atoms with Gasteiger partial charge in [-0.15, -0.1) is 0 Å². The minimum absolute atomic E-state index is 0.143. The Balaban J connectivity index is 1.27. The summed E-state index contributed by atoms with van der Waals surface area (Å²) in [4.78, 5) is 32.9. The Hall–Kier alpha value is -2.75. The maximum atomic E-state index is 13.8. The first-order valence-electron chi connectivity index (χ1n) is 12.9. The number of allylic oxidation sites excluding steroid dienone is 3. The van der Waals surface area contributed by atoms with Gasteiger partial charge in [0.05, 0.1) is 12.7 Å². The number of methoxy groups -OCH3 is 1. The minimum Gasteiger partial charge on any atom is -0.497 e. The Morgan fingerprint density at radius 2 is 1.97 bits per heavy atom. The van der Waals surface area contributed by atoms with E-state index in [1.807, 2.05) is 6.07 Å². The van der Waals surface area contributed by atoms with Crippen molar-refractivity contribution >= 4 is 29.2 Å². The number of pyridine rings is 1. The summed E-state index contributed by atoms with van der Waals surface area (Å²) in [6.07, 6.45) is 2.89. The fourth-order valence-electron chi connectivity index (χ4n) is 5.61. The van der Waals surface area contributed by atoms with Crippen LogP contribution in [0.15, 0.2) is 36.1 Å². The van der Waals surface area contributed by atoms with E-state index in [-0.39, 0.29) is 29.9 Å². The molecule has 1 aromatic heterocycles. The van der Waals surface area contributed by atoms with Gasteiger partial charge in [-0.25, -0.2) is 4.98 Å². The summed E-state index contributed by atoms with van der Waals surface area (Å²) in [7, 11) is 4.71. The number of piperidine rings is 1. The van der Waals surface area contributed by atoms with Crippen molar-refractivity contribution in [2.45, 2.75) is 31.9 Å². The summed E-state index contributed by atoms with van der Waals surface area (Å²) in [6.45, 7) is 1.83. The molecule has 11 heteroatoms. The normalized spacial score (nSPS) is 24.4. The van der Waals surface area contributed by atoms with E-state index < -0.39 is 23.9 Å². The Labute approximate surface area is 226 Å². The van der Waals surface area contributed by atoms with Crippen LogP contribution in [0.3, 0.4) is 0 Å². The number of ether oxygens (including phenoxy) is 1. The quantitative estimate of drug-likeness (QED) is 0.472. The van der Waals surface area contributed by atoms with Crippen LogP contribution in [-0.4, -0.2) is 68.7 Å². The number of rotatable bonds is 8. The summed E-state index contributed by atoms with van der Waals surface area (Å²) < 4.78 is 46.5. The van der Waals surface area contributed by atoms with Gasteiger partial charge in [0.1, 0.15) is 22.6 Å². The average molecular weight is 555 g/mol. The van der Waals surface area contributed by atoms with Crippen molar-refractivity contribution in [1.29, 1.82) is 0 Å². The van der Waals surface area contributed by atoms with Crippen LogP contribution in [0.25, 0.3) is 0 Å². The summed E-state index contributed by atoms with van der Waals surface area (Å²) in [5.74, 6) is -2.13. The van der Waals surface area contributed by atoms with Gasteiger partial charge in [-0.2, -0.15) is 13.2 Å². The number of nitrogens with one attached hydrogen (secondary N) is 1. The van der Waals surface area contributed by atoms with E-state index in [0.717, 1.165) is 38.2 Å². The molecular formula is C27H34ClF3N4O3. The second-order valence-electron chi connectivity index (χ2n) is 10.5. The van der Waals surface area contributed by atoms with Gasteiger partial charge < -0.3 is 19.9 Å². The lowest BCUT2D eigenvalue weighted by atomic mass is 9.85. The predicted molar refractivity (Wildman–Crippen MR) is 139 cm³/mol. The molecule has 2 heterocycles. The van der Waals surface area contributed by atoms with Gasteiger partial charge in [-0.1, -0.05) is 17.7 Å². The predicted octanol–water partition coefficient (Wildman–Crippen LogP) is 4.69. The Bertz CT molecular complexity index is 1100. The largest absolute Gasteiger partial charge is 0.497 e. The Morgan fingerprint density at radius 3 is 2.58 bits per heavy atom. The van der Waals surface area contributed by atoms with Gasteiger partial charge in [-0.3, -0.25) is 9.59 Å². The standard InChI is InChI=1S/C27H34ClF3N4O3/c1-34(2)26(37)20-7-8-22(33-24(20)28)35-11-9-16(10-12-35)21-14-18(21)15-32-25(36)23(27(29,30)31)17-5-4-6-19(13-17)38-3/h4,6-8,13,16-18,21,23H,5,9-12,14-15H2,1-3H3,(H,32,36).